The molecule has 1 saturated heterocycles. The van der Waals surface area contributed by atoms with E-state index >= 15 is 0 Å². The Morgan fingerprint density at radius 3 is 2.78 bits per heavy atom. The Labute approximate surface area is 145 Å². The van der Waals surface area contributed by atoms with Gasteiger partial charge in [0.1, 0.15) is 0 Å². The average molecular weight is 339 g/mol. The van der Waals surface area contributed by atoms with E-state index in [0.717, 1.165) is 57.6 Å². The number of ether oxygens (including phenoxy) is 1. The number of hydrazone groups is 1. The summed E-state index contributed by atoms with van der Waals surface area (Å²) < 4.78 is 5.35. The van der Waals surface area contributed by atoms with Crippen molar-refractivity contribution in [1.82, 2.24) is 15.6 Å². The number of nitrogens with zero attached hydrogens (tertiary/aromatic N) is 2. The van der Waals surface area contributed by atoms with E-state index < -0.39 is 0 Å². The Bertz CT molecular complexity index is 423. The molecular formula is C17H30N4OS. The molecular weight excluding hydrogens is 308 g/mol. The lowest BCUT2D eigenvalue weighted by molar-refractivity contribution is 0.0389. The van der Waals surface area contributed by atoms with Crippen LogP contribution in [0.15, 0.2) is 5.10 Å². The molecule has 3 aliphatic rings. The second-order valence-electron chi connectivity index (χ2n) is 7.05. The van der Waals surface area contributed by atoms with E-state index in [1.54, 1.807) is 0 Å². The van der Waals surface area contributed by atoms with Crippen LogP contribution in [0.1, 0.15) is 44.9 Å². The van der Waals surface area contributed by atoms with Crippen molar-refractivity contribution in [2.45, 2.75) is 44.9 Å². The number of hydrogen-bond acceptors (Lipinski definition) is 4. The van der Waals surface area contributed by atoms with Gasteiger partial charge in [0.25, 0.3) is 0 Å². The van der Waals surface area contributed by atoms with Crippen molar-refractivity contribution in [3.63, 3.8) is 0 Å². The zero-order valence-electron chi connectivity index (χ0n) is 14.1. The van der Waals surface area contributed by atoms with Crippen LogP contribution in [0.3, 0.4) is 0 Å². The number of thiocarbonyl (C=S) groups is 1. The fourth-order valence-electron chi connectivity index (χ4n) is 4.11. The quantitative estimate of drug-likeness (QED) is 0.607. The zero-order valence-corrected chi connectivity index (χ0v) is 14.9. The van der Waals surface area contributed by atoms with Gasteiger partial charge in [-0.15, -0.1) is 0 Å². The molecule has 2 atom stereocenters. The first kappa shape index (κ1) is 17.1. The minimum absolute atomic E-state index is 0.650. The van der Waals surface area contributed by atoms with Crippen molar-refractivity contribution in [2.75, 3.05) is 39.4 Å². The summed E-state index contributed by atoms with van der Waals surface area (Å²) in [6, 6.07) is 0. The molecule has 0 aromatic heterocycles. The largest absolute Gasteiger partial charge is 0.379 e. The maximum Gasteiger partial charge on any atom is 0.186 e. The maximum atomic E-state index is 5.35. The van der Waals surface area contributed by atoms with Crippen molar-refractivity contribution in [3.8, 4) is 0 Å². The highest BCUT2D eigenvalue weighted by Crippen LogP contribution is 2.39. The van der Waals surface area contributed by atoms with E-state index in [-0.39, 0.29) is 0 Å². The van der Waals surface area contributed by atoms with Crippen LogP contribution in [0.5, 0.6) is 0 Å². The standard InChI is InChI=1S/C17H30N4OS/c23-17(18-7-8-21-9-11-22-12-10-21)20-19-16-6-5-14-3-1-2-4-15(14)13-16/h14-15H,1-13H2,(H2,18,20,23)/b19-16-/t14-,15+/m1/s1. The lowest BCUT2D eigenvalue weighted by Gasteiger charge is -2.35. The van der Waals surface area contributed by atoms with Gasteiger partial charge in [-0.25, -0.2) is 0 Å². The maximum absolute atomic E-state index is 5.35. The first-order chi connectivity index (χ1) is 11.3. The topological polar surface area (TPSA) is 48.9 Å². The summed E-state index contributed by atoms with van der Waals surface area (Å²) in [6.07, 6.45) is 9.31. The summed E-state index contributed by atoms with van der Waals surface area (Å²) in [5.41, 5.74) is 4.36. The van der Waals surface area contributed by atoms with Crippen LogP contribution in [0.2, 0.25) is 0 Å². The highest BCUT2D eigenvalue weighted by Gasteiger charge is 2.30. The van der Waals surface area contributed by atoms with E-state index in [2.05, 4.69) is 20.7 Å². The Morgan fingerprint density at radius 2 is 1.96 bits per heavy atom. The van der Waals surface area contributed by atoms with Crippen molar-refractivity contribution in [1.29, 1.82) is 0 Å². The normalized spacial score (nSPS) is 30.7. The Hall–Kier alpha value is -0.720. The molecule has 0 spiro atoms. The predicted octanol–water partition coefficient (Wildman–Crippen LogP) is 2.13. The smallest absolute Gasteiger partial charge is 0.186 e. The fraction of sp³-hybridized carbons (Fsp3) is 0.882. The van der Waals surface area contributed by atoms with Crippen molar-refractivity contribution in [2.24, 2.45) is 16.9 Å². The van der Waals surface area contributed by atoms with Gasteiger partial charge in [-0.05, 0) is 49.7 Å². The number of rotatable bonds is 4. The van der Waals surface area contributed by atoms with Gasteiger partial charge in [-0.3, -0.25) is 10.3 Å². The van der Waals surface area contributed by atoms with E-state index in [1.165, 1.54) is 44.2 Å². The Balaban J connectivity index is 1.33. The molecule has 2 saturated carbocycles. The minimum Gasteiger partial charge on any atom is -0.379 e. The van der Waals surface area contributed by atoms with E-state index in [4.69, 9.17) is 17.0 Å². The second kappa shape index (κ2) is 8.94. The SMILES string of the molecule is S=C(NCCN1CCOCC1)N/N=C1/CC[C@H]2CCCC[C@H]2C1. The third kappa shape index (κ3) is 5.40. The third-order valence-corrected chi connectivity index (χ3v) is 5.74. The summed E-state index contributed by atoms with van der Waals surface area (Å²) in [4.78, 5) is 2.40. The van der Waals surface area contributed by atoms with E-state index in [0.29, 0.717) is 5.11 Å². The van der Waals surface area contributed by atoms with Gasteiger partial charge in [-0.1, -0.05) is 19.3 Å². The molecule has 2 aliphatic carbocycles. The Kier molecular flexibility index (Phi) is 6.66. The molecule has 0 aromatic carbocycles. The monoisotopic (exact) mass is 338 g/mol. The summed E-state index contributed by atoms with van der Waals surface area (Å²) >= 11 is 5.33. The number of nitrogens with one attached hydrogen (secondary N) is 2. The van der Waals surface area contributed by atoms with Crippen LogP contribution < -0.4 is 10.7 Å². The van der Waals surface area contributed by atoms with Gasteiger partial charge in [0, 0.05) is 31.9 Å². The van der Waals surface area contributed by atoms with Gasteiger partial charge in [0.2, 0.25) is 0 Å². The predicted molar refractivity (Wildman–Crippen MR) is 97.7 cm³/mol. The molecule has 23 heavy (non-hydrogen) atoms. The van der Waals surface area contributed by atoms with Crippen LogP contribution in [0.4, 0.5) is 0 Å². The Morgan fingerprint density at radius 1 is 1.17 bits per heavy atom. The van der Waals surface area contributed by atoms with Gasteiger partial charge < -0.3 is 10.1 Å². The molecule has 0 bridgehead atoms. The fourth-order valence-corrected chi connectivity index (χ4v) is 4.26. The van der Waals surface area contributed by atoms with Gasteiger partial charge in [0.15, 0.2) is 5.11 Å². The third-order valence-electron chi connectivity index (χ3n) is 5.50. The van der Waals surface area contributed by atoms with E-state index in [1.807, 2.05) is 0 Å². The zero-order chi connectivity index (χ0) is 15.9. The molecule has 3 rings (SSSR count). The first-order valence-electron chi connectivity index (χ1n) is 9.20. The summed E-state index contributed by atoms with van der Waals surface area (Å²) in [5, 5.41) is 8.48. The highest BCUT2D eigenvalue weighted by atomic mass is 32.1. The lowest BCUT2D eigenvalue weighted by atomic mass is 9.70. The highest BCUT2D eigenvalue weighted by molar-refractivity contribution is 7.80. The number of hydrogen-bond donors (Lipinski definition) is 2. The molecule has 1 heterocycles. The molecule has 3 fully saturated rings. The molecule has 1 aliphatic heterocycles. The molecule has 0 aromatic rings. The molecule has 0 unspecified atom stereocenters. The van der Waals surface area contributed by atoms with Crippen LogP contribution in [0, 0.1) is 11.8 Å². The van der Waals surface area contributed by atoms with Crippen molar-refractivity contribution < 1.29 is 4.74 Å². The minimum atomic E-state index is 0.650. The van der Waals surface area contributed by atoms with Crippen LogP contribution >= 0.6 is 12.2 Å². The van der Waals surface area contributed by atoms with Crippen molar-refractivity contribution in [3.05, 3.63) is 0 Å². The van der Waals surface area contributed by atoms with Gasteiger partial charge >= 0.3 is 0 Å². The van der Waals surface area contributed by atoms with Gasteiger partial charge in [-0.2, -0.15) is 5.10 Å². The summed E-state index contributed by atoms with van der Waals surface area (Å²) in [5.74, 6) is 1.84. The summed E-state index contributed by atoms with van der Waals surface area (Å²) in [7, 11) is 0. The second-order valence-corrected chi connectivity index (χ2v) is 7.46. The van der Waals surface area contributed by atoms with Crippen LogP contribution in [0.25, 0.3) is 0 Å². The molecule has 5 nitrogen and oxygen atoms in total. The lowest BCUT2D eigenvalue weighted by Crippen LogP contribution is -2.43. The molecule has 2 N–H and O–H groups in total. The van der Waals surface area contributed by atoms with Crippen LogP contribution in [-0.4, -0.2) is 55.1 Å². The van der Waals surface area contributed by atoms with E-state index in [9.17, 15) is 0 Å². The van der Waals surface area contributed by atoms with Crippen LogP contribution in [-0.2, 0) is 4.74 Å². The number of fused-ring (bicyclic) bond motifs is 1. The van der Waals surface area contributed by atoms with Gasteiger partial charge in [0.05, 0.1) is 13.2 Å². The molecule has 130 valence electrons. The summed E-state index contributed by atoms with van der Waals surface area (Å²) in [6.45, 7) is 5.60. The molecule has 0 radical (unpaired) electrons. The first-order valence-corrected chi connectivity index (χ1v) is 9.61. The number of morpholine rings is 1. The van der Waals surface area contributed by atoms with Crippen molar-refractivity contribution >= 4 is 23.0 Å². The average Bonchev–Trinajstić information content (AvgIpc) is 2.61. The molecule has 6 heteroatoms. The molecule has 0 amide bonds.